The molecule has 0 fully saturated rings. The summed E-state index contributed by atoms with van der Waals surface area (Å²) in [6, 6.07) is 21.5. The van der Waals surface area contributed by atoms with Gasteiger partial charge in [0.05, 0.1) is 19.3 Å². The molecule has 1 heterocycles. The van der Waals surface area contributed by atoms with Crippen LogP contribution in [0.15, 0.2) is 87.4 Å². The molecule has 1 N–H and O–H groups in total. The summed E-state index contributed by atoms with van der Waals surface area (Å²) >= 11 is 5.99. The van der Waals surface area contributed by atoms with Gasteiger partial charge in [-0.1, -0.05) is 35.9 Å². The van der Waals surface area contributed by atoms with E-state index in [0.29, 0.717) is 35.1 Å². The smallest absolute Gasteiger partial charge is 0.335 e. The largest absolute Gasteiger partial charge is 0.469 e. The lowest BCUT2D eigenvalue weighted by Crippen LogP contribution is -2.49. The lowest BCUT2D eigenvalue weighted by molar-refractivity contribution is -0.140. The molecule has 3 aromatic carbocycles. The molecule has 0 spiro atoms. The van der Waals surface area contributed by atoms with E-state index < -0.39 is 11.4 Å². The molecule has 9 nitrogen and oxygen atoms in total. The second kappa shape index (κ2) is 12.2. The number of nitrogens with one attached hydrogen (secondary N) is 1. The van der Waals surface area contributed by atoms with E-state index in [9.17, 15) is 14.4 Å². The Labute approximate surface area is 223 Å². The van der Waals surface area contributed by atoms with Crippen LogP contribution in [0.5, 0.6) is 11.5 Å². The summed E-state index contributed by atoms with van der Waals surface area (Å²) in [6.45, 7) is 2.16. The van der Waals surface area contributed by atoms with E-state index in [2.05, 4.69) is 9.98 Å². The van der Waals surface area contributed by atoms with Gasteiger partial charge in [-0.05, 0) is 73.0 Å². The van der Waals surface area contributed by atoms with E-state index in [-0.39, 0.29) is 24.7 Å². The summed E-state index contributed by atoms with van der Waals surface area (Å²) in [4.78, 5) is 44.2. The molecule has 196 valence electrons. The Morgan fingerprint density at radius 1 is 0.947 bits per heavy atom. The van der Waals surface area contributed by atoms with Gasteiger partial charge in [-0.15, -0.1) is 0 Å². The van der Waals surface area contributed by atoms with Crippen LogP contribution in [0.1, 0.15) is 24.5 Å². The Kier molecular flexibility index (Phi) is 8.60. The zero-order chi connectivity index (χ0) is 27.1. The molecule has 0 aliphatic carbocycles. The summed E-state index contributed by atoms with van der Waals surface area (Å²) < 4.78 is 13.2. The maximum absolute atomic E-state index is 13.1. The van der Waals surface area contributed by atoms with Gasteiger partial charge >= 0.3 is 17.3 Å². The van der Waals surface area contributed by atoms with Gasteiger partial charge in [0.1, 0.15) is 11.5 Å². The predicted molar refractivity (Wildman–Crippen MR) is 144 cm³/mol. The number of hydrogen-bond donors (Lipinski definition) is 1. The molecule has 0 atom stereocenters. The van der Waals surface area contributed by atoms with Gasteiger partial charge in [-0.3, -0.25) is 14.3 Å². The number of aromatic nitrogens is 3. The van der Waals surface area contributed by atoms with Crippen molar-refractivity contribution in [2.45, 2.75) is 32.9 Å². The number of rotatable bonds is 9. The van der Waals surface area contributed by atoms with Gasteiger partial charge in [0.25, 0.3) is 0 Å². The number of ether oxygens (including phenoxy) is 2. The number of nitrogens with zero attached hydrogens (tertiary/aromatic N) is 3. The van der Waals surface area contributed by atoms with Crippen molar-refractivity contribution < 1.29 is 14.3 Å². The Hall–Kier alpha value is -4.37. The molecule has 0 amide bonds. The van der Waals surface area contributed by atoms with Gasteiger partial charge in [0.2, 0.25) is 5.62 Å². The second-order valence-electron chi connectivity index (χ2n) is 8.42. The van der Waals surface area contributed by atoms with Crippen molar-refractivity contribution >= 4 is 23.3 Å². The molecule has 0 unspecified atom stereocenters. The van der Waals surface area contributed by atoms with E-state index in [0.717, 1.165) is 15.7 Å². The summed E-state index contributed by atoms with van der Waals surface area (Å²) in [7, 11) is 1.37. The highest BCUT2D eigenvalue weighted by molar-refractivity contribution is 6.30. The van der Waals surface area contributed by atoms with Crippen LogP contribution in [0.2, 0.25) is 5.02 Å². The summed E-state index contributed by atoms with van der Waals surface area (Å²) in [6.07, 6.45) is 0.839. The van der Waals surface area contributed by atoms with Crippen molar-refractivity contribution in [3.63, 3.8) is 0 Å². The van der Waals surface area contributed by atoms with Crippen LogP contribution < -0.4 is 21.7 Å². The average Bonchev–Trinajstić information content (AvgIpc) is 2.92. The molecule has 10 heteroatoms. The van der Waals surface area contributed by atoms with Crippen molar-refractivity contribution in [1.82, 2.24) is 14.1 Å². The highest BCUT2D eigenvalue weighted by Crippen LogP contribution is 2.25. The molecule has 0 aliphatic rings. The Morgan fingerprint density at radius 3 is 2.37 bits per heavy atom. The Bertz CT molecular complexity index is 1600. The third-order valence-electron chi connectivity index (χ3n) is 5.80. The minimum Gasteiger partial charge on any atom is -0.469 e. The SMILES string of the molecule is CCn1c(=O)[nH]/c(=N\c2ccc(Oc3cccc(CCC(=O)OC)c3)cc2)n(Cc2ccc(Cl)cc2)c1=O. The number of methoxy groups -OCH3 is 1. The Morgan fingerprint density at radius 2 is 1.68 bits per heavy atom. The van der Waals surface area contributed by atoms with Crippen molar-refractivity contribution in [2.24, 2.45) is 4.99 Å². The van der Waals surface area contributed by atoms with Crippen molar-refractivity contribution in [3.05, 3.63) is 116 Å². The Balaban J connectivity index is 1.59. The number of benzene rings is 3. The molecule has 0 bridgehead atoms. The molecule has 0 radical (unpaired) electrons. The van der Waals surface area contributed by atoms with E-state index >= 15 is 0 Å². The van der Waals surface area contributed by atoms with Crippen LogP contribution in [-0.2, 0) is 29.0 Å². The molecule has 0 aliphatic heterocycles. The maximum atomic E-state index is 13.1. The topological polar surface area (TPSA) is 108 Å². The molecular formula is C28H27ClN4O5. The molecule has 4 aromatic rings. The number of carbonyl (C=O) groups excluding carboxylic acids is 1. The van der Waals surface area contributed by atoms with Crippen LogP contribution in [0.3, 0.4) is 0 Å². The number of carbonyl (C=O) groups is 1. The van der Waals surface area contributed by atoms with E-state index in [1.807, 2.05) is 36.4 Å². The first kappa shape index (κ1) is 26.7. The highest BCUT2D eigenvalue weighted by atomic mass is 35.5. The van der Waals surface area contributed by atoms with Crippen molar-refractivity contribution in [1.29, 1.82) is 0 Å². The van der Waals surface area contributed by atoms with Gasteiger partial charge < -0.3 is 9.47 Å². The summed E-state index contributed by atoms with van der Waals surface area (Å²) in [5.74, 6) is 0.946. The number of aryl methyl sites for hydroxylation is 1. The van der Waals surface area contributed by atoms with Gasteiger partial charge in [-0.2, -0.15) is 0 Å². The highest BCUT2D eigenvalue weighted by Gasteiger charge is 2.09. The zero-order valence-electron chi connectivity index (χ0n) is 21.0. The third-order valence-corrected chi connectivity index (χ3v) is 6.05. The number of H-pyrrole nitrogens is 1. The fourth-order valence-electron chi connectivity index (χ4n) is 3.80. The van der Waals surface area contributed by atoms with Crippen LogP contribution in [0.4, 0.5) is 5.69 Å². The number of aromatic amines is 1. The van der Waals surface area contributed by atoms with E-state index in [1.165, 1.54) is 11.7 Å². The van der Waals surface area contributed by atoms with E-state index in [4.69, 9.17) is 21.1 Å². The standard InChI is InChI=1S/C28H27ClN4O5/c1-3-32-27(35)31-26(33(28(32)36)18-20-7-10-21(29)11-8-20)30-22-12-14-23(15-13-22)38-24-6-4-5-19(17-24)9-16-25(34)37-2/h4-8,10-15,17H,3,9,16,18H2,1-2H3,(H,30,31,35). The lowest BCUT2D eigenvalue weighted by atomic mass is 10.1. The molecule has 1 aromatic heterocycles. The van der Waals surface area contributed by atoms with Crippen LogP contribution in [0, 0.1) is 0 Å². The van der Waals surface area contributed by atoms with Gasteiger partial charge in [0.15, 0.2) is 0 Å². The third kappa shape index (κ3) is 6.68. The van der Waals surface area contributed by atoms with Crippen molar-refractivity contribution in [2.75, 3.05) is 7.11 Å². The van der Waals surface area contributed by atoms with Gasteiger partial charge in [-0.25, -0.2) is 19.1 Å². The molecular weight excluding hydrogens is 508 g/mol. The average molecular weight is 535 g/mol. The van der Waals surface area contributed by atoms with Crippen LogP contribution in [-0.4, -0.2) is 27.2 Å². The molecule has 0 saturated heterocycles. The summed E-state index contributed by atoms with van der Waals surface area (Å²) in [5, 5.41) is 0.589. The minimum absolute atomic E-state index is 0.131. The monoisotopic (exact) mass is 534 g/mol. The molecule has 0 saturated carbocycles. The minimum atomic E-state index is -0.532. The van der Waals surface area contributed by atoms with Crippen LogP contribution in [0.25, 0.3) is 0 Å². The fraction of sp³-hybridized carbons (Fsp3) is 0.214. The summed E-state index contributed by atoms with van der Waals surface area (Å²) in [5.41, 5.74) is 1.45. The number of esters is 1. The molecule has 4 rings (SSSR count). The first-order chi connectivity index (χ1) is 18.4. The quantitative estimate of drug-likeness (QED) is 0.324. The van der Waals surface area contributed by atoms with E-state index in [1.54, 1.807) is 43.3 Å². The van der Waals surface area contributed by atoms with Crippen LogP contribution >= 0.6 is 11.6 Å². The first-order valence-corrected chi connectivity index (χ1v) is 12.4. The maximum Gasteiger partial charge on any atom is 0.335 e. The van der Waals surface area contributed by atoms with Gasteiger partial charge in [0, 0.05) is 18.0 Å². The molecule has 38 heavy (non-hydrogen) atoms. The van der Waals surface area contributed by atoms with Crippen molar-refractivity contribution in [3.8, 4) is 11.5 Å². The normalized spacial score (nSPS) is 11.4. The number of halogens is 1. The lowest BCUT2D eigenvalue weighted by Gasteiger charge is -2.10. The fourth-order valence-corrected chi connectivity index (χ4v) is 3.92. The zero-order valence-corrected chi connectivity index (χ0v) is 21.8. The number of hydrogen-bond acceptors (Lipinski definition) is 6. The second-order valence-corrected chi connectivity index (χ2v) is 8.86. The predicted octanol–water partition coefficient (Wildman–Crippen LogP) is 4.19. The first-order valence-electron chi connectivity index (χ1n) is 12.0.